The van der Waals surface area contributed by atoms with E-state index < -0.39 is 11.7 Å². The molecule has 2 aromatic rings. The molecular weight excluding hydrogens is 309 g/mol. The Hall–Kier alpha value is -2.35. The number of hydrogen-bond donors (Lipinski definition) is 1. The molecule has 8 heteroatoms. The lowest BCUT2D eigenvalue weighted by atomic mass is 10.0. The fourth-order valence-electron chi connectivity index (χ4n) is 2.49. The summed E-state index contributed by atoms with van der Waals surface area (Å²) < 4.78 is 43.5. The van der Waals surface area contributed by atoms with Gasteiger partial charge in [0.1, 0.15) is 0 Å². The Morgan fingerprint density at radius 2 is 1.78 bits per heavy atom. The fourth-order valence-corrected chi connectivity index (χ4v) is 2.49. The maximum absolute atomic E-state index is 12.7. The molecule has 122 valence electrons. The molecule has 0 unspecified atom stereocenters. The first-order chi connectivity index (χ1) is 10.9. The zero-order chi connectivity index (χ0) is 16.4. The second kappa shape index (κ2) is 6.04. The highest BCUT2D eigenvalue weighted by molar-refractivity contribution is 5.42. The van der Waals surface area contributed by atoms with E-state index in [0.29, 0.717) is 31.4 Å². The number of benzene rings is 1. The van der Waals surface area contributed by atoms with Gasteiger partial charge >= 0.3 is 6.18 Å². The maximum Gasteiger partial charge on any atom is 0.416 e. The van der Waals surface area contributed by atoms with Gasteiger partial charge in [0, 0.05) is 6.54 Å². The predicted molar refractivity (Wildman–Crippen MR) is 78.8 cm³/mol. The van der Waals surface area contributed by atoms with E-state index in [0.717, 1.165) is 17.7 Å². The first kappa shape index (κ1) is 15.5. The number of nitrogens with zero attached hydrogens (tertiary/aromatic N) is 3. The monoisotopic (exact) mass is 324 g/mol. The number of rotatable bonds is 2. The third-order valence-corrected chi connectivity index (χ3v) is 3.67. The molecule has 1 fully saturated rings. The Morgan fingerprint density at radius 1 is 1.13 bits per heavy atom. The largest absolute Gasteiger partial charge is 0.416 e. The van der Waals surface area contributed by atoms with Crippen LogP contribution in [-0.2, 0) is 10.9 Å². The third-order valence-electron chi connectivity index (χ3n) is 3.67. The van der Waals surface area contributed by atoms with Gasteiger partial charge in [0.15, 0.2) is 0 Å². The highest BCUT2D eigenvalue weighted by Crippen LogP contribution is 2.32. The van der Waals surface area contributed by atoms with Gasteiger partial charge in [-0.3, -0.25) is 0 Å². The normalized spacial score (nSPS) is 18.9. The zero-order valence-corrected chi connectivity index (χ0v) is 12.1. The molecule has 1 aromatic carbocycles. The summed E-state index contributed by atoms with van der Waals surface area (Å²) in [6.45, 7) is 1.42. The van der Waals surface area contributed by atoms with Crippen LogP contribution in [0.2, 0.25) is 0 Å². The Labute approximate surface area is 130 Å². The molecule has 0 radical (unpaired) electrons. The predicted octanol–water partition coefficient (Wildman–Crippen LogP) is 2.66. The van der Waals surface area contributed by atoms with Crippen molar-refractivity contribution in [3.05, 3.63) is 47.8 Å². The topological polar surface area (TPSA) is 64.3 Å². The molecule has 5 nitrogen and oxygen atoms in total. The molecule has 0 bridgehead atoms. The van der Waals surface area contributed by atoms with Gasteiger partial charge in [0.2, 0.25) is 5.95 Å². The highest BCUT2D eigenvalue weighted by atomic mass is 19.4. The smallest absolute Gasteiger partial charge is 0.396 e. The molecule has 3 rings (SSSR count). The van der Waals surface area contributed by atoms with Crippen molar-refractivity contribution >= 4 is 11.6 Å². The fraction of sp³-hybridized carbons (Fsp3) is 0.333. The van der Waals surface area contributed by atoms with Gasteiger partial charge in [-0.15, -0.1) is 0 Å². The number of anilines is 2. The van der Waals surface area contributed by atoms with E-state index in [1.54, 1.807) is 0 Å². The average Bonchev–Trinajstić information content (AvgIpc) is 2.55. The number of hydrogen-bond acceptors (Lipinski definition) is 5. The Bertz CT molecular complexity index is 658. The van der Waals surface area contributed by atoms with Crippen molar-refractivity contribution in [1.82, 2.24) is 9.97 Å². The molecule has 0 aliphatic carbocycles. The summed E-state index contributed by atoms with van der Waals surface area (Å²) in [7, 11) is 0. The molecular formula is C15H15F3N4O. The number of alkyl halides is 3. The van der Waals surface area contributed by atoms with E-state index in [-0.39, 0.29) is 6.04 Å². The van der Waals surface area contributed by atoms with Crippen LogP contribution in [0, 0.1) is 0 Å². The van der Waals surface area contributed by atoms with Crippen molar-refractivity contribution in [3.8, 4) is 0 Å². The van der Waals surface area contributed by atoms with E-state index in [1.807, 2.05) is 4.90 Å². The van der Waals surface area contributed by atoms with Gasteiger partial charge in [-0.05, 0) is 17.7 Å². The van der Waals surface area contributed by atoms with Gasteiger partial charge in [-0.2, -0.15) is 13.2 Å². The van der Waals surface area contributed by atoms with Gasteiger partial charge < -0.3 is 15.4 Å². The van der Waals surface area contributed by atoms with Crippen LogP contribution in [-0.4, -0.2) is 29.7 Å². The maximum atomic E-state index is 12.7. The molecule has 0 amide bonds. The second-order valence-electron chi connectivity index (χ2n) is 5.22. The average molecular weight is 324 g/mol. The van der Waals surface area contributed by atoms with Crippen LogP contribution in [0.5, 0.6) is 0 Å². The molecule has 1 aliphatic heterocycles. The summed E-state index contributed by atoms with van der Waals surface area (Å²) in [5, 5.41) is 0. The molecule has 2 N–H and O–H groups in total. The molecule has 1 atom stereocenters. The van der Waals surface area contributed by atoms with E-state index >= 15 is 0 Å². The molecule has 1 aliphatic rings. The lowest BCUT2D eigenvalue weighted by molar-refractivity contribution is -0.137. The quantitative estimate of drug-likeness (QED) is 0.920. The zero-order valence-electron chi connectivity index (χ0n) is 12.1. The molecule has 23 heavy (non-hydrogen) atoms. The Morgan fingerprint density at radius 3 is 2.39 bits per heavy atom. The second-order valence-corrected chi connectivity index (χ2v) is 5.22. The molecule has 1 saturated heterocycles. The molecule has 0 saturated carbocycles. The van der Waals surface area contributed by atoms with Crippen molar-refractivity contribution < 1.29 is 17.9 Å². The number of aromatic nitrogens is 2. The Kier molecular flexibility index (Phi) is 4.08. The van der Waals surface area contributed by atoms with Crippen LogP contribution in [0.4, 0.5) is 24.8 Å². The highest BCUT2D eigenvalue weighted by Gasteiger charge is 2.31. The van der Waals surface area contributed by atoms with Gasteiger partial charge in [-0.1, -0.05) is 12.1 Å². The third kappa shape index (κ3) is 3.37. The van der Waals surface area contributed by atoms with Crippen molar-refractivity contribution in [1.29, 1.82) is 0 Å². The summed E-state index contributed by atoms with van der Waals surface area (Å²) in [6, 6.07) is 4.84. The van der Waals surface area contributed by atoms with Crippen molar-refractivity contribution in [2.75, 3.05) is 30.4 Å². The number of ether oxygens (including phenoxy) is 1. The minimum Gasteiger partial charge on any atom is -0.396 e. The van der Waals surface area contributed by atoms with E-state index in [4.69, 9.17) is 10.5 Å². The summed E-state index contributed by atoms with van der Waals surface area (Å²) >= 11 is 0. The number of morpholine rings is 1. The van der Waals surface area contributed by atoms with Crippen molar-refractivity contribution in [2.45, 2.75) is 12.2 Å². The number of nitrogen functional groups attached to an aromatic ring is 1. The van der Waals surface area contributed by atoms with Crippen LogP contribution in [0.1, 0.15) is 17.2 Å². The lowest BCUT2D eigenvalue weighted by Gasteiger charge is -2.36. The summed E-state index contributed by atoms with van der Waals surface area (Å²) in [5.74, 6) is 0.479. The first-order valence-electron chi connectivity index (χ1n) is 7.04. The summed E-state index contributed by atoms with van der Waals surface area (Å²) in [4.78, 5) is 10.3. The van der Waals surface area contributed by atoms with Crippen LogP contribution in [0.3, 0.4) is 0 Å². The Balaban J connectivity index is 1.88. The van der Waals surface area contributed by atoms with Gasteiger partial charge in [-0.25, -0.2) is 9.97 Å². The standard InChI is InChI=1S/C15H15F3N4O/c16-15(17,18)11-3-1-10(2-4-11)13-9-23-6-5-22(13)14-20-7-12(19)8-21-14/h1-4,7-8,13H,5-6,9,19H2/t13-/m1/s1. The summed E-state index contributed by atoms with van der Waals surface area (Å²) in [5.41, 5.74) is 6.08. The van der Waals surface area contributed by atoms with Crippen molar-refractivity contribution in [3.63, 3.8) is 0 Å². The lowest BCUT2D eigenvalue weighted by Crippen LogP contribution is -2.40. The van der Waals surface area contributed by atoms with Crippen LogP contribution in [0.25, 0.3) is 0 Å². The van der Waals surface area contributed by atoms with Crippen molar-refractivity contribution in [2.24, 2.45) is 0 Å². The van der Waals surface area contributed by atoms with Gasteiger partial charge in [0.25, 0.3) is 0 Å². The number of halogens is 3. The van der Waals surface area contributed by atoms with E-state index in [1.165, 1.54) is 24.5 Å². The first-order valence-corrected chi connectivity index (χ1v) is 7.04. The minimum atomic E-state index is -4.35. The molecule has 1 aromatic heterocycles. The number of nitrogens with two attached hydrogens (primary N) is 1. The molecule has 2 heterocycles. The van der Waals surface area contributed by atoms with Gasteiger partial charge in [0.05, 0.1) is 42.9 Å². The van der Waals surface area contributed by atoms with Crippen LogP contribution in [0.15, 0.2) is 36.7 Å². The molecule has 0 spiro atoms. The van der Waals surface area contributed by atoms with E-state index in [2.05, 4.69) is 9.97 Å². The summed E-state index contributed by atoms with van der Waals surface area (Å²) in [6.07, 6.45) is -1.34. The van der Waals surface area contributed by atoms with Crippen LogP contribution < -0.4 is 10.6 Å². The van der Waals surface area contributed by atoms with Crippen LogP contribution >= 0.6 is 0 Å². The SMILES string of the molecule is Nc1cnc(N2CCOC[C@@H]2c2ccc(C(F)(F)F)cc2)nc1. The van der Waals surface area contributed by atoms with E-state index in [9.17, 15) is 13.2 Å². The minimum absolute atomic E-state index is 0.241.